The smallest absolute Gasteiger partial charge is 0.340 e. The predicted molar refractivity (Wildman–Crippen MR) is 81.9 cm³/mol. The highest BCUT2D eigenvalue weighted by Gasteiger charge is 2.22. The Morgan fingerprint density at radius 1 is 1.35 bits per heavy atom. The SMILES string of the molecule is COC(=O)c1cccc(N)c1NC(C)C1CCCCC1. The van der Waals surface area contributed by atoms with Crippen LogP contribution < -0.4 is 11.1 Å². The van der Waals surface area contributed by atoms with Crippen molar-refractivity contribution >= 4 is 17.3 Å². The lowest BCUT2D eigenvalue weighted by molar-refractivity contribution is 0.0602. The number of carbonyl (C=O) groups is 1. The number of hydrogen-bond acceptors (Lipinski definition) is 4. The summed E-state index contributed by atoms with van der Waals surface area (Å²) in [6.07, 6.45) is 6.42. The highest BCUT2D eigenvalue weighted by atomic mass is 16.5. The summed E-state index contributed by atoms with van der Waals surface area (Å²) in [5.41, 5.74) is 7.83. The Kier molecular flexibility index (Phi) is 4.88. The van der Waals surface area contributed by atoms with Gasteiger partial charge in [0.15, 0.2) is 0 Å². The molecule has 1 saturated carbocycles. The van der Waals surface area contributed by atoms with E-state index in [1.807, 2.05) is 6.07 Å². The van der Waals surface area contributed by atoms with Crippen LogP contribution in [-0.2, 0) is 4.74 Å². The number of nitrogens with one attached hydrogen (secondary N) is 1. The molecule has 1 fully saturated rings. The van der Waals surface area contributed by atoms with Crippen molar-refractivity contribution in [2.75, 3.05) is 18.2 Å². The maximum atomic E-state index is 11.8. The molecule has 0 radical (unpaired) electrons. The summed E-state index contributed by atoms with van der Waals surface area (Å²) in [5, 5.41) is 3.44. The van der Waals surface area contributed by atoms with Crippen LogP contribution in [0.25, 0.3) is 0 Å². The van der Waals surface area contributed by atoms with Crippen molar-refractivity contribution < 1.29 is 9.53 Å². The van der Waals surface area contributed by atoms with Gasteiger partial charge in [0.1, 0.15) is 0 Å². The van der Waals surface area contributed by atoms with Gasteiger partial charge in [-0.05, 0) is 37.8 Å². The van der Waals surface area contributed by atoms with E-state index in [1.54, 1.807) is 12.1 Å². The maximum Gasteiger partial charge on any atom is 0.340 e. The lowest BCUT2D eigenvalue weighted by Crippen LogP contribution is -2.29. The van der Waals surface area contributed by atoms with Gasteiger partial charge in [-0.25, -0.2) is 4.79 Å². The van der Waals surface area contributed by atoms with Crippen molar-refractivity contribution in [1.82, 2.24) is 0 Å². The highest BCUT2D eigenvalue weighted by molar-refractivity contribution is 5.98. The van der Waals surface area contributed by atoms with Crippen LogP contribution in [0.4, 0.5) is 11.4 Å². The fourth-order valence-corrected chi connectivity index (χ4v) is 2.99. The predicted octanol–water partition coefficient (Wildman–Crippen LogP) is 3.44. The van der Waals surface area contributed by atoms with Gasteiger partial charge in [0.2, 0.25) is 0 Å². The van der Waals surface area contributed by atoms with Crippen molar-refractivity contribution in [1.29, 1.82) is 0 Å². The number of nitrogens with two attached hydrogens (primary N) is 1. The van der Waals surface area contributed by atoms with Crippen LogP contribution in [0.15, 0.2) is 18.2 Å². The second-order valence-electron chi connectivity index (χ2n) is 5.59. The zero-order valence-electron chi connectivity index (χ0n) is 12.3. The van der Waals surface area contributed by atoms with Crippen molar-refractivity contribution in [2.24, 2.45) is 5.92 Å². The van der Waals surface area contributed by atoms with Crippen LogP contribution in [0, 0.1) is 5.92 Å². The lowest BCUT2D eigenvalue weighted by atomic mass is 9.84. The first-order valence-electron chi connectivity index (χ1n) is 7.37. The van der Waals surface area contributed by atoms with Gasteiger partial charge in [-0.15, -0.1) is 0 Å². The van der Waals surface area contributed by atoms with Gasteiger partial charge in [0, 0.05) is 6.04 Å². The summed E-state index contributed by atoms with van der Waals surface area (Å²) < 4.78 is 4.82. The Morgan fingerprint density at radius 3 is 2.70 bits per heavy atom. The molecule has 1 unspecified atom stereocenters. The number of nitrogen functional groups attached to an aromatic ring is 1. The molecule has 4 nitrogen and oxygen atoms in total. The molecule has 110 valence electrons. The third kappa shape index (κ3) is 3.24. The van der Waals surface area contributed by atoms with Gasteiger partial charge in [-0.3, -0.25) is 0 Å². The number of esters is 1. The van der Waals surface area contributed by atoms with E-state index < -0.39 is 0 Å². The zero-order valence-corrected chi connectivity index (χ0v) is 12.3. The third-order valence-electron chi connectivity index (χ3n) is 4.23. The summed E-state index contributed by atoms with van der Waals surface area (Å²) >= 11 is 0. The van der Waals surface area contributed by atoms with E-state index in [0.29, 0.717) is 28.9 Å². The van der Waals surface area contributed by atoms with Crippen LogP contribution >= 0.6 is 0 Å². The Morgan fingerprint density at radius 2 is 2.05 bits per heavy atom. The number of anilines is 2. The molecule has 0 aliphatic heterocycles. The summed E-state index contributed by atoms with van der Waals surface area (Å²) in [6.45, 7) is 2.17. The molecule has 20 heavy (non-hydrogen) atoms. The van der Waals surface area contributed by atoms with Gasteiger partial charge in [0.25, 0.3) is 0 Å². The molecule has 0 heterocycles. The summed E-state index contributed by atoms with van der Waals surface area (Å²) in [6, 6.07) is 5.64. The molecule has 1 atom stereocenters. The highest BCUT2D eigenvalue weighted by Crippen LogP contribution is 2.31. The average Bonchev–Trinajstić information content (AvgIpc) is 2.49. The monoisotopic (exact) mass is 276 g/mol. The first kappa shape index (κ1) is 14.7. The van der Waals surface area contributed by atoms with E-state index in [2.05, 4.69) is 12.2 Å². The Hall–Kier alpha value is -1.71. The van der Waals surface area contributed by atoms with E-state index in [0.717, 1.165) is 0 Å². The normalized spacial score (nSPS) is 17.5. The molecule has 1 aromatic carbocycles. The number of benzene rings is 1. The standard InChI is InChI=1S/C16H24N2O2/c1-11(12-7-4-3-5-8-12)18-15-13(16(19)20-2)9-6-10-14(15)17/h6,9-12,18H,3-5,7-8,17H2,1-2H3. The van der Waals surface area contributed by atoms with Crippen molar-refractivity contribution in [3.05, 3.63) is 23.8 Å². The number of para-hydroxylation sites is 1. The Bertz CT molecular complexity index is 468. The molecular weight excluding hydrogens is 252 g/mol. The molecule has 0 amide bonds. The third-order valence-corrected chi connectivity index (χ3v) is 4.23. The molecule has 4 heteroatoms. The second-order valence-corrected chi connectivity index (χ2v) is 5.59. The molecule has 0 aromatic heterocycles. The number of carbonyl (C=O) groups excluding carboxylic acids is 1. The van der Waals surface area contributed by atoms with E-state index in [-0.39, 0.29) is 5.97 Å². The topological polar surface area (TPSA) is 64.3 Å². The van der Waals surface area contributed by atoms with Gasteiger partial charge in [-0.2, -0.15) is 0 Å². The van der Waals surface area contributed by atoms with E-state index in [4.69, 9.17) is 10.5 Å². The maximum absolute atomic E-state index is 11.8. The molecule has 0 saturated heterocycles. The number of methoxy groups -OCH3 is 1. The molecular formula is C16H24N2O2. The van der Waals surface area contributed by atoms with Crippen LogP contribution in [0.5, 0.6) is 0 Å². The number of ether oxygens (including phenoxy) is 1. The molecule has 0 spiro atoms. The van der Waals surface area contributed by atoms with Gasteiger partial charge < -0.3 is 15.8 Å². The van der Waals surface area contributed by atoms with E-state index in [1.165, 1.54) is 39.2 Å². The molecule has 1 aliphatic carbocycles. The molecule has 0 bridgehead atoms. The number of hydrogen-bond donors (Lipinski definition) is 2. The summed E-state index contributed by atoms with van der Waals surface area (Å²) in [7, 11) is 1.39. The number of rotatable bonds is 4. The quantitative estimate of drug-likeness (QED) is 0.653. The second kappa shape index (κ2) is 6.64. The largest absolute Gasteiger partial charge is 0.465 e. The van der Waals surface area contributed by atoms with E-state index in [9.17, 15) is 4.79 Å². The van der Waals surface area contributed by atoms with Gasteiger partial charge in [-0.1, -0.05) is 25.3 Å². The molecule has 2 rings (SSSR count). The van der Waals surface area contributed by atoms with Gasteiger partial charge in [0.05, 0.1) is 24.0 Å². The Balaban J connectivity index is 2.17. The van der Waals surface area contributed by atoms with Crippen LogP contribution in [0.1, 0.15) is 49.4 Å². The Labute approximate surface area is 120 Å². The van der Waals surface area contributed by atoms with Crippen molar-refractivity contribution in [3.8, 4) is 0 Å². The van der Waals surface area contributed by atoms with Crippen LogP contribution in [0.2, 0.25) is 0 Å². The minimum atomic E-state index is -0.351. The zero-order chi connectivity index (χ0) is 14.5. The fourth-order valence-electron chi connectivity index (χ4n) is 2.99. The van der Waals surface area contributed by atoms with Crippen LogP contribution in [0.3, 0.4) is 0 Å². The first-order valence-corrected chi connectivity index (χ1v) is 7.37. The first-order chi connectivity index (χ1) is 9.63. The van der Waals surface area contributed by atoms with E-state index >= 15 is 0 Å². The van der Waals surface area contributed by atoms with Crippen molar-refractivity contribution in [2.45, 2.75) is 45.1 Å². The fraction of sp³-hybridized carbons (Fsp3) is 0.562. The summed E-state index contributed by atoms with van der Waals surface area (Å²) in [5.74, 6) is 0.296. The minimum Gasteiger partial charge on any atom is -0.465 e. The van der Waals surface area contributed by atoms with Gasteiger partial charge >= 0.3 is 5.97 Å². The molecule has 1 aliphatic rings. The van der Waals surface area contributed by atoms with Crippen molar-refractivity contribution in [3.63, 3.8) is 0 Å². The minimum absolute atomic E-state index is 0.309. The lowest BCUT2D eigenvalue weighted by Gasteiger charge is -2.30. The summed E-state index contributed by atoms with van der Waals surface area (Å²) in [4.78, 5) is 11.8. The van der Waals surface area contributed by atoms with Crippen LogP contribution in [-0.4, -0.2) is 19.1 Å². The average molecular weight is 276 g/mol. The molecule has 3 N–H and O–H groups in total. The molecule has 1 aromatic rings.